The fourth-order valence-electron chi connectivity index (χ4n) is 2.47. The predicted molar refractivity (Wildman–Crippen MR) is 74.3 cm³/mol. The molecule has 0 fully saturated rings. The summed E-state index contributed by atoms with van der Waals surface area (Å²) in [6, 6.07) is 6.59. The fraction of sp³-hybridized carbons (Fsp3) is 0.286. The summed E-state index contributed by atoms with van der Waals surface area (Å²) in [5.74, 6) is 0.701. The SMILES string of the molecule is Cc1nc2c(c(-c3cccc([N+](=O)[O-])c3)n1)CNCC2. The van der Waals surface area contributed by atoms with Gasteiger partial charge in [0.15, 0.2) is 0 Å². The molecule has 3 rings (SSSR count). The van der Waals surface area contributed by atoms with Gasteiger partial charge in [-0.25, -0.2) is 9.97 Å². The lowest BCUT2D eigenvalue weighted by Crippen LogP contribution is -2.26. The third-order valence-electron chi connectivity index (χ3n) is 3.38. The Bertz CT molecular complexity index is 685. The molecule has 0 aliphatic carbocycles. The largest absolute Gasteiger partial charge is 0.312 e. The molecule has 0 bridgehead atoms. The van der Waals surface area contributed by atoms with Crippen molar-refractivity contribution in [2.75, 3.05) is 6.54 Å². The van der Waals surface area contributed by atoms with Crippen LogP contribution in [0.4, 0.5) is 5.69 Å². The molecular formula is C14H14N4O2. The summed E-state index contributed by atoms with van der Waals surface area (Å²) >= 11 is 0. The maximum Gasteiger partial charge on any atom is 0.270 e. The maximum atomic E-state index is 10.9. The van der Waals surface area contributed by atoms with Gasteiger partial charge >= 0.3 is 0 Å². The molecule has 1 N–H and O–H groups in total. The van der Waals surface area contributed by atoms with E-state index in [2.05, 4.69) is 15.3 Å². The summed E-state index contributed by atoms with van der Waals surface area (Å²) in [7, 11) is 0. The number of nitrogens with zero attached hydrogens (tertiary/aromatic N) is 3. The van der Waals surface area contributed by atoms with E-state index in [1.165, 1.54) is 6.07 Å². The molecule has 0 saturated heterocycles. The fourth-order valence-corrected chi connectivity index (χ4v) is 2.47. The lowest BCUT2D eigenvalue weighted by atomic mass is 10.00. The number of nitrogens with one attached hydrogen (secondary N) is 1. The average molecular weight is 270 g/mol. The van der Waals surface area contributed by atoms with Crippen LogP contribution in [0.15, 0.2) is 24.3 Å². The molecule has 0 unspecified atom stereocenters. The first kappa shape index (κ1) is 12.7. The minimum absolute atomic E-state index is 0.0799. The first-order chi connectivity index (χ1) is 9.65. The number of aryl methyl sites for hydroxylation is 1. The van der Waals surface area contributed by atoms with Gasteiger partial charge in [-0.05, 0) is 6.92 Å². The van der Waals surface area contributed by atoms with Gasteiger partial charge in [0.1, 0.15) is 5.82 Å². The van der Waals surface area contributed by atoms with E-state index in [0.29, 0.717) is 12.4 Å². The number of non-ortho nitro benzene ring substituents is 1. The van der Waals surface area contributed by atoms with Crippen molar-refractivity contribution in [2.24, 2.45) is 0 Å². The third kappa shape index (κ3) is 2.25. The number of benzene rings is 1. The van der Waals surface area contributed by atoms with Gasteiger partial charge in [0.2, 0.25) is 0 Å². The van der Waals surface area contributed by atoms with Crippen LogP contribution in [-0.4, -0.2) is 21.4 Å². The highest BCUT2D eigenvalue weighted by molar-refractivity contribution is 5.66. The second kappa shape index (κ2) is 4.97. The van der Waals surface area contributed by atoms with Gasteiger partial charge in [0.25, 0.3) is 5.69 Å². The first-order valence-corrected chi connectivity index (χ1v) is 6.47. The molecule has 0 saturated carbocycles. The molecule has 20 heavy (non-hydrogen) atoms. The summed E-state index contributed by atoms with van der Waals surface area (Å²) in [6.45, 7) is 3.45. The smallest absolute Gasteiger partial charge is 0.270 e. The van der Waals surface area contributed by atoms with Crippen LogP contribution >= 0.6 is 0 Å². The molecule has 1 aliphatic rings. The zero-order valence-electron chi connectivity index (χ0n) is 11.1. The highest BCUT2D eigenvalue weighted by Crippen LogP contribution is 2.28. The molecule has 0 amide bonds. The Morgan fingerprint density at radius 1 is 1.35 bits per heavy atom. The van der Waals surface area contributed by atoms with Crippen molar-refractivity contribution in [2.45, 2.75) is 19.9 Å². The Kier molecular flexibility index (Phi) is 3.15. The van der Waals surface area contributed by atoms with Crippen molar-refractivity contribution in [1.29, 1.82) is 0 Å². The monoisotopic (exact) mass is 270 g/mol. The lowest BCUT2D eigenvalue weighted by Gasteiger charge is -2.19. The van der Waals surface area contributed by atoms with E-state index in [1.807, 2.05) is 13.0 Å². The van der Waals surface area contributed by atoms with Crippen LogP contribution < -0.4 is 5.32 Å². The molecule has 2 aromatic rings. The Morgan fingerprint density at radius 3 is 3.00 bits per heavy atom. The third-order valence-corrected chi connectivity index (χ3v) is 3.38. The van der Waals surface area contributed by atoms with Crippen LogP contribution in [0.25, 0.3) is 11.3 Å². The van der Waals surface area contributed by atoms with Crippen LogP contribution in [0, 0.1) is 17.0 Å². The Hall–Kier alpha value is -2.34. The highest BCUT2D eigenvalue weighted by Gasteiger charge is 2.18. The van der Waals surface area contributed by atoms with E-state index in [0.717, 1.165) is 35.5 Å². The second-order valence-corrected chi connectivity index (χ2v) is 4.78. The van der Waals surface area contributed by atoms with Gasteiger partial charge in [0.05, 0.1) is 16.3 Å². The average Bonchev–Trinajstić information content (AvgIpc) is 2.46. The second-order valence-electron chi connectivity index (χ2n) is 4.78. The normalized spacial score (nSPS) is 13.8. The number of nitro groups is 1. The number of hydrogen-bond acceptors (Lipinski definition) is 5. The molecule has 1 aromatic heterocycles. The highest BCUT2D eigenvalue weighted by atomic mass is 16.6. The van der Waals surface area contributed by atoms with Crippen molar-refractivity contribution in [3.8, 4) is 11.3 Å². The van der Waals surface area contributed by atoms with E-state index in [1.54, 1.807) is 12.1 Å². The van der Waals surface area contributed by atoms with Crippen LogP contribution in [0.3, 0.4) is 0 Å². The van der Waals surface area contributed by atoms with Crippen molar-refractivity contribution in [3.63, 3.8) is 0 Å². The molecule has 0 radical (unpaired) electrons. The van der Waals surface area contributed by atoms with Gasteiger partial charge in [-0.2, -0.15) is 0 Å². The molecule has 1 aliphatic heterocycles. The molecule has 0 atom stereocenters. The van der Waals surface area contributed by atoms with Crippen molar-refractivity contribution in [1.82, 2.24) is 15.3 Å². The molecule has 102 valence electrons. The lowest BCUT2D eigenvalue weighted by molar-refractivity contribution is -0.384. The van der Waals surface area contributed by atoms with Gasteiger partial charge in [-0.1, -0.05) is 12.1 Å². The number of rotatable bonds is 2. The van der Waals surface area contributed by atoms with E-state index >= 15 is 0 Å². The van der Waals surface area contributed by atoms with E-state index in [-0.39, 0.29) is 10.6 Å². The zero-order valence-corrected chi connectivity index (χ0v) is 11.1. The summed E-state index contributed by atoms with van der Waals surface area (Å²) in [5.41, 5.74) is 3.73. The molecule has 6 nitrogen and oxygen atoms in total. The molecule has 1 aromatic carbocycles. The summed E-state index contributed by atoms with van der Waals surface area (Å²) < 4.78 is 0. The predicted octanol–water partition coefficient (Wildman–Crippen LogP) is 2.01. The number of nitro benzene ring substituents is 1. The molecule has 6 heteroatoms. The standard InChI is InChI=1S/C14H14N4O2/c1-9-16-13-5-6-15-8-12(13)14(17-9)10-3-2-4-11(7-10)18(19)20/h2-4,7,15H,5-6,8H2,1H3. The summed E-state index contributed by atoms with van der Waals surface area (Å²) in [4.78, 5) is 19.5. The minimum atomic E-state index is -0.387. The van der Waals surface area contributed by atoms with Gasteiger partial charge in [-0.3, -0.25) is 10.1 Å². The maximum absolute atomic E-state index is 10.9. The summed E-state index contributed by atoms with van der Waals surface area (Å²) in [6.07, 6.45) is 0.862. The van der Waals surface area contributed by atoms with Crippen molar-refractivity contribution in [3.05, 3.63) is 51.5 Å². The van der Waals surface area contributed by atoms with Gasteiger partial charge in [-0.15, -0.1) is 0 Å². The Labute approximate surface area is 116 Å². The zero-order chi connectivity index (χ0) is 14.1. The topological polar surface area (TPSA) is 81.0 Å². The number of fused-ring (bicyclic) bond motifs is 1. The van der Waals surface area contributed by atoms with Gasteiger partial charge in [0, 0.05) is 42.8 Å². The van der Waals surface area contributed by atoms with E-state index in [9.17, 15) is 10.1 Å². The van der Waals surface area contributed by atoms with E-state index < -0.39 is 0 Å². The molecule has 0 spiro atoms. The van der Waals surface area contributed by atoms with Gasteiger partial charge < -0.3 is 5.32 Å². The van der Waals surface area contributed by atoms with Crippen LogP contribution in [0.5, 0.6) is 0 Å². The van der Waals surface area contributed by atoms with E-state index in [4.69, 9.17) is 0 Å². The number of hydrogen-bond donors (Lipinski definition) is 1. The van der Waals surface area contributed by atoms with Crippen LogP contribution in [-0.2, 0) is 13.0 Å². The summed E-state index contributed by atoms with van der Waals surface area (Å²) in [5, 5.41) is 14.2. The minimum Gasteiger partial charge on any atom is -0.312 e. The Morgan fingerprint density at radius 2 is 2.20 bits per heavy atom. The van der Waals surface area contributed by atoms with Crippen molar-refractivity contribution < 1.29 is 4.92 Å². The van der Waals surface area contributed by atoms with Crippen LogP contribution in [0.1, 0.15) is 17.1 Å². The molecule has 2 heterocycles. The van der Waals surface area contributed by atoms with Crippen LogP contribution in [0.2, 0.25) is 0 Å². The number of aromatic nitrogens is 2. The Balaban J connectivity index is 2.16. The quantitative estimate of drug-likeness (QED) is 0.667. The molecular weight excluding hydrogens is 256 g/mol. The van der Waals surface area contributed by atoms with Crippen molar-refractivity contribution >= 4 is 5.69 Å². The first-order valence-electron chi connectivity index (χ1n) is 6.47.